The number of rotatable bonds is 7. The van der Waals surface area contributed by atoms with Gasteiger partial charge in [-0.05, 0) is 41.3 Å². The molecule has 0 heterocycles. The second-order valence-corrected chi connectivity index (χ2v) is 9.18. The van der Waals surface area contributed by atoms with E-state index in [4.69, 9.17) is 0 Å². The summed E-state index contributed by atoms with van der Waals surface area (Å²) in [6, 6.07) is 14.5. The van der Waals surface area contributed by atoms with Gasteiger partial charge < -0.3 is 0 Å². The highest BCUT2D eigenvalue weighted by Crippen LogP contribution is 2.20. The normalized spacial score (nSPS) is 11.7. The Morgan fingerprint density at radius 2 is 1.74 bits per heavy atom. The van der Waals surface area contributed by atoms with Crippen LogP contribution in [0.15, 0.2) is 58.1 Å². The first-order valence-electron chi connectivity index (χ1n) is 8.32. The van der Waals surface area contributed by atoms with Crippen molar-refractivity contribution in [2.24, 2.45) is 5.10 Å². The van der Waals surface area contributed by atoms with E-state index in [9.17, 15) is 13.2 Å². The molecule has 0 atom stereocenters. The molecule has 27 heavy (non-hydrogen) atoms. The van der Waals surface area contributed by atoms with Crippen LogP contribution >= 0.6 is 15.9 Å². The second-order valence-electron chi connectivity index (χ2n) is 6.36. The number of carbonyl (C=O) groups excluding carboxylic acids is 1. The zero-order valence-corrected chi connectivity index (χ0v) is 17.8. The zero-order chi connectivity index (χ0) is 20.0. The lowest BCUT2D eigenvalue weighted by atomic mass is 10.0. The van der Waals surface area contributed by atoms with Gasteiger partial charge in [0.2, 0.25) is 10.0 Å². The fourth-order valence-corrected chi connectivity index (χ4v) is 3.44. The third-order valence-corrected chi connectivity index (χ3v) is 5.48. The van der Waals surface area contributed by atoms with Gasteiger partial charge >= 0.3 is 0 Å². The maximum atomic E-state index is 12.1. The van der Waals surface area contributed by atoms with Crippen LogP contribution in [0.2, 0.25) is 0 Å². The van der Waals surface area contributed by atoms with E-state index < -0.39 is 15.9 Å². The van der Waals surface area contributed by atoms with Gasteiger partial charge in [-0.25, -0.2) is 13.8 Å². The van der Waals surface area contributed by atoms with Gasteiger partial charge in [-0.15, -0.1) is 0 Å². The minimum Gasteiger partial charge on any atom is -0.271 e. The molecule has 8 heteroatoms. The molecule has 0 aliphatic carbocycles. The quantitative estimate of drug-likeness (QED) is 0.516. The lowest BCUT2D eigenvalue weighted by Gasteiger charge is -2.21. The number of sulfonamides is 1. The third kappa shape index (κ3) is 6.48. The van der Waals surface area contributed by atoms with E-state index in [1.165, 1.54) is 11.8 Å². The first-order chi connectivity index (χ1) is 12.7. The largest absolute Gasteiger partial charge is 0.271 e. The van der Waals surface area contributed by atoms with Gasteiger partial charge in [-0.2, -0.15) is 5.10 Å². The average molecular weight is 452 g/mol. The van der Waals surface area contributed by atoms with Crippen LogP contribution in [0.3, 0.4) is 0 Å². The van der Waals surface area contributed by atoms with Gasteiger partial charge in [0.05, 0.1) is 18.2 Å². The number of benzene rings is 2. The van der Waals surface area contributed by atoms with Crippen LogP contribution in [0.5, 0.6) is 0 Å². The Hall–Kier alpha value is -2.19. The molecule has 0 saturated heterocycles. The van der Waals surface area contributed by atoms with Crippen molar-refractivity contribution in [2.75, 3.05) is 17.1 Å². The smallest absolute Gasteiger partial charge is 0.260 e. The molecule has 144 valence electrons. The maximum absolute atomic E-state index is 12.1. The first kappa shape index (κ1) is 21.1. The van der Waals surface area contributed by atoms with Crippen molar-refractivity contribution in [3.63, 3.8) is 0 Å². The standard InChI is InChI=1S/C19H22BrN3O3S/c1-14(2)16-6-4-15(5-7-16)12-21-22-19(24)13-23(27(3,25)26)18-10-8-17(20)9-11-18/h4-12,14H,13H2,1-3H3,(H,22,24)/b21-12-. The van der Waals surface area contributed by atoms with Crippen LogP contribution in [0.25, 0.3) is 0 Å². The Morgan fingerprint density at radius 1 is 1.15 bits per heavy atom. The molecule has 1 amide bonds. The Kier molecular flexibility index (Phi) is 7.15. The Bertz CT molecular complexity index is 908. The number of hydrazone groups is 1. The molecule has 2 aromatic carbocycles. The Morgan fingerprint density at radius 3 is 2.26 bits per heavy atom. The summed E-state index contributed by atoms with van der Waals surface area (Å²) in [5, 5.41) is 3.91. The molecule has 0 spiro atoms. The predicted molar refractivity (Wildman–Crippen MR) is 113 cm³/mol. The molecule has 0 fully saturated rings. The van der Waals surface area contributed by atoms with Crippen molar-refractivity contribution in [2.45, 2.75) is 19.8 Å². The number of anilines is 1. The van der Waals surface area contributed by atoms with Gasteiger partial charge in [0.15, 0.2) is 0 Å². The van der Waals surface area contributed by atoms with Crippen molar-refractivity contribution in [1.82, 2.24) is 5.43 Å². The van der Waals surface area contributed by atoms with Gasteiger partial charge in [0.25, 0.3) is 5.91 Å². The number of hydrogen-bond acceptors (Lipinski definition) is 4. The monoisotopic (exact) mass is 451 g/mol. The van der Waals surface area contributed by atoms with Gasteiger partial charge in [0.1, 0.15) is 6.54 Å². The maximum Gasteiger partial charge on any atom is 0.260 e. The number of hydrogen-bond donors (Lipinski definition) is 1. The SMILES string of the molecule is CC(C)c1ccc(/C=N\NC(=O)CN(c2ccc(Br)cc2)S(C)(=O)=O)cc1. The van der Waals surface area contributed by atoms with Gasteiger partial charge in [-0.3, -0.25) is 9.10 Å². The van der Waals surface area contributed by atoms with E-state index in [2.05, 4.69) is 40.3 Å². The molecule has 1 N–H and O–H groups in total. The van der Waals surface area contributed by atoms with E-state index in [0.717, 1.165) is 20.6 Å². The van der Waals surface area contributed by atoms with Crippen LogP contribution in [-0.4, -0.2) is 33.3 Å². The molecule has 0 unspecified atom stereocenters. The van der Waals surface area contributed by atoms with Crippen LogP contribution in [0, 0.1) is 0 Å². The molecule has 2 aromatic rings. The predicted octanol–water partition coefficient (Wildman–Crippen LogP) is 3.49. The molecule has 6 nitrogen and oxygen atoms in total. The van der Waals surface area contributed by atoms with Crippen molar-refractivity contribution in [3.8, 4) is 0 Å². The topological polar surface area (TPSA) is 78.8 Å². The minimum absolute atomic E-state index is 0.357. The van der Waals surface area contributed by atoms with Crippen LogP contribution in [0.4, 0.5) is 5.69 Å². The Labute approximate surface area is 168 Å². The third-order valence-electron chi connectivity index (χ3n) is 3.81. The molecular weight excluding hydrogens is 430 g/mol. The number of halogens is 1. The van der Waals surface area contributed by atoms with Crippen molar-refractivity contribution < 1.29 is 13.2 Å². The fourth-order valence-electron chi connectivity index (χ4n) is 2.32. The number of carbonyl (C=O) groups is 1. The Balaban J connectivity index is 2.02. The molecule has 0 bridgehead atoms. The summed E-state index contributed by atoms with van der Waals surface area (Å²) in [7, 11) is -3.61. The summed E-state index contributed by atoms with van der Waals surface area (Å²) in [4.78, 5) is 12.1. The summed E-state index contributed by atoms with van der Waals surface area (Å²) >= 11 is 3.30. The number of nitrogens with one attached hydrogen (secondary N) is 1. The van der Waals surface area contributed by atoms with Gasteiger partial charge in [0, 0.05) is 4.47 Å². The summed E-state index contributed by atoms with van der Waals surface area (Å²) in [5.74, 6) is -0.0883. The van der Waals surface area contributed by atoms with Gasteiger partial charge in [-0.1, -0.05) is 54.0 Å². The van der Waals surface area contributed by atoms with Crippen molar-refractivity contribution >= 4 is 43.8 Å². The van der Waals surface area contributed by atoms with Crippen LogP contribution in [-0.2, 0) is 14.8 Å². The highest BCUT2D eigenvalue weighted by atomic mass is 79.9. The first-order valence-corrected chi connectivity index (χ1v) is 11.0. The van der Waals surface area contributed by atoms with Crippen LogP contribution < -0.4 is 9.73 Å². The molecule has 2 rings (SSSR count). The summed E-state index contributed by atoms with van der Waals surface area (Å²) in [6.07, 6.45) is 2.58. The second kappa shape index (κ2) is 9.14. The molecule has 0 aliphatic rings. The molecular formula is C19H22BrN3O3S. The lowest BCUT2D eigenvalue weighted by molar-refractivity contribution is -0.119. The van der Waals surface area contributed by atoms with Crippen molar-refractivity contribution in [3.05, 3.63) is 64.1 Å². The summed E-state index contributed by atoms with van der Waals surface area (Å²) in [6.45, 7) is 3.87. The van der Waals surface area contributed by atoms with E-state index >= 15 is 0 Å². The number of nitrogens with zero attached hydrogens (tertiary/aromatic N) is 2. The summed E-state index contributed by atoms with van der Waals surface area (Å²) < 4.78 is 25.9. The fraction of sp³-hybridized carbons (Fsp3) is 0.263. The lowest BCUT2D eigenvalue weighted by Crippen LogP contribution is -2.39. The zero-order valence-electron chi connectivity index (χ0n) is 15.4. The highest BCUT2D eigenvalue weighted by Gasteiger charge is 2.20. The summed E-state index contributed by atoms with van der Waals surface area (Å²) in [5.41, 5.74) is 4.83. The molecule has 0 aromatic heterocycles. The molecule has 0 radical (unpaired) electrons. The minimum atomic E-state index is -3.61. The van der Waals surface area contributed by atoms with Crippen LogP contribution in [0.1, 0.15) is 30.9 Å². The average Bonchev–Trinajstić information content (AvgIpc) is 2.60. The molecule has 0 saturated carbocycles. The number of amides is 1. The van der Waals surface area contributed by atoms with E-state index in [1.807, 2.05) is 24.3 Å². The van der Waals surface area contributed by atoms with Crippen molar-refractivity contribution in [1.29, 1.82) is 0 Å². The van der Waals surface area contributed by atoms with E-state index in [0.29, 0.717) is 11.6 Å². The highest BCUT2D eigenvalue weighted by molar-refractivity contribution is 9.10. The van der Waals surface area contributed by atoms with E-state index in [-0.39, 0.29) is 6.54 Å². The van der Waals surface area contributed by atoms with E-state index in [1.54, 1.807) is 24.3 Å². The molecule has 0 aliphatic heterocycles.